The van der Waals surface area contributed by atoms with E-state index in [0.29, 0.717) is 12.8 Å². The van der Waals surface area contributed by atoms with Gasteiger partial charge in [-0.2, -0.15) is 0 Å². The van der Waals surface area contributed by atoms with E-state index < -0.39 is 29.4 Å². The van der Waals surface area contributed by atoms with Gasteiger partial charge in [-0.25, -0.2) is 4.79 Å². The number of nitrogens with zero attached hydrogens (tertiary/aromatic N) is 1. The van der Waals surface area contributed by atoms with Gasteiger partial charge in [0.2, 0.25) is 0 Å². The lowest BCUT2D eigenvalue weighted by molar-refractivity contribution is -0.149. The number of unbranched alkanes of at least 4 members (excludes halogenated alkanes) is 1. The van der Waals surface area contributed by atoms with E-state index in [1.165, 1.54) is 0 Å². The van der Waals surface area contributed by atoms with E-state index in [0.717, 1.165) is 0 Å². The lowest BCUT2D eigenvalue weighted by Crippen LogP contribution is -2.52. The molecule has 0 aromatic carbocycles. The van der Waals surface area contributed by atoms with Crippen LogP contribution >= 0.6 is 0 Å². The van der Waals surface area contributed by atoms with Gasteiger partial charge in [0.15, 0.2) is 5.78 Å². The van der Waals surface area contributed by atoms with Crippen LogP contribution in [0.4, 0.5) is 0 Å². The number of rotatable bonds is 11. The molecule has 116 valence electrons. The molecule has 6 N–H and O–H groups in total. The van der Waals surface area contributed by atoms with Gasteiger partial charge in [-0.1, -0.05) is 19.8 Å². The number of hydrogen-bond donors (Lipinski definition) is 4. The Bertz CT molecular complexity index is 350. The van der Waals surface area contributed by atoms with Crippen molar-refractivity contribution in [3.05, 3.63) is 4.91 Å². The zero-order valence-electron chi connectivity index (χ0n) is 11.6. The molecular formula is C12H23N3O5. The van der Waals surface area contributed by atoms with Crippen molar-refractivity contribution >= 4 is 11.8 Å². The molecule has 0 saturated heterocycles. The number of carboxylic acids is 1. The molecule has 0 aliphatic carbocycles. The molecule has 0 saturated carbocycles. The summed E-state index contributed by atoms with van der Waals surface area (Å²) in [5.41, 5.74) is 8.52. The maximum atomic E-state index is 12.1. The van der Waals surface area contributed by atoms with Gasteiger partial charge in [0.1, 0.15) is 0 Å². The molecule has 8 nitrogen and oxygen atoms in total. The summed E-state index contributed by atoms with van der Waals surface area (Å²) in [6.07, 6.45) is 0.224. The van der Waals surface area contributed by atoms with Crippen molar-refractivity contribution in [3.63, 3.8) is 0 Å². The molecule has 0 spiro atoms. The average Bonchev–Trinajstić information content (AvgIpc) is 2.44. The van der Waals surface area contributed by atoms with E-state index in [4.69, 9.17) is 16.6 Å². The van der Waals surface area contributed by atoms with Gasteiger partial charge in [-0.15, -0.1) is 4.91 Å². The molecule has 0 aromatic heterocycles. The van der Waals surface area contributed by atoms with Crippen LogP contribution in [0.15, 0.2) is 5.18 Å². The fourth-order valence-corrected chi connectivity index (χ4v) is 1.83. The second-order valence-corrected chi connectivity index (χ2v) is 4.80. The summed E-state index contributed by atoms with van der Waals surface area (Å²) in [5.74, 6) is -2.50. The number of aliphatic hydroxyl groups is 1. The van der Waals surface area contributed by atoms with Crippen molar-refractivity contribution in [2.75, 3.05) is 6.54 Å². The molecule has 0 fully saturated rings. The smallest absolute Gasteiger partial charge is 0.343 e. The third-order valence-corrected chi connectivity index (χ3v) is 3.23. The van der Waals surface area contributed by atoms with Crippen molar-refractivity contribution in [3.8, 4) is 0 Å². The molecule has 0 aliphatic rings. The summed E-state index contributed by atoms with van der Waals surface area (Å²) in [5, 5.41) is 21.0. The first-order valence-corrected chi connectivity index (χ1v) is 6.61. The van der Waals surface area contributed by atoms with Crippen molar-refractivity contribution in [1.29, 1.82) is 0 Å². The van der Waals surface area contributed by atoms with Gasteiger partial charge in [-0.05, 0) is 24.4 Å². The number of aliphatic carboxylic acids is 1. The Balaban J connectivity index is 4.93. The minimum atomic E-state index is -2.33. The molecule has 20 heavy (non-hydrogen) atoms. The van der Waals surface area contributed by atoms with E-state index in [1.54, 1.807) is 6.92 Å². The van der Waals surface area contributed by atoms with Crippen LogP contribution in [0, 0.1) is 4.91 Å². The first-order valence-electron chi connectivity index (χ1n) is 6.61. The average molecular weight is 289 g/mol. The fourth-order valence-electron chi connectivity index (χ4n) is 1.83. The highest BCUT2D eigenvalue weighted by molar-refractivity contribution is 6.10. The zero-order chi connectivity index (χ0) is 15.8. The maximum Gasteiger partial charge on any atom is 0.343 e. The van der Waals surface area contributed by atoms with Crippen LogP contribution in [-0.4, -0.2) is 46.2 Å². The maximum absolute atomic E-state index is 12.1. The first-order chi connectivity index (χ1) is 9.35. The summed E-state index contributed by atoms with van der Waals surface area (Å²) in [7, 11) is 0. The Morgan fingerprint density at radius 2 is 1.95 bits per heavy atom. The molecule has 0 heterocycles. The first kappa shape index (κ1) is 18.6. The van der Waals surface area contributed by atoms with Gasteiger partial charge in [0, 0.05) is 6.54 Å². The van der Waals surface area contributed by atoms with Crippen LogP contribution in [0.3, 0.4) is 0 Å². The van der Waals surface area contributed by atoms with Gasteiger partial charge in [-0.3, -0.25) is 4.79 Å². The number of Topliss-reactive ketones (excluding diaryl/α,β-unsaturated/α-hetero) is 1. The van der Waals surface area contributed by atoms with Crippen molar-refractivity contribution in [2.24, 2.45) is 16.6 Å². The summed E-state index contributed by atoms with van der Waals surface area (Å²) in [6.45, 7) is 1.83. The molecule has 0 aliphatic heterocycles. The summed E-state index contributed by atoms with van der Waals surface area (Å²) in [6, 6.07) is -1.16. The van der Waals surface area contributed by atoms with Crippen LogP contribution in [0.25, 0.3) is 0 Å². The summed E-state index contributed by atoms with van der Waals surface area (Å²) >= 11 is 0. The van der Waals surface area contributed by atoms with Crippen LogP contribution in [0.1, 0.15) is 39.0 Å². The SMILES string of the molecule is CCCC[C@](N=O)(C(=O)O)C(=O)[C@@H](N)CC[C@@H](O)CN. The van der Waals surface area contributed by atoms with Crippen molar-refractivity contribution in [2.45, 2.75) is 56.7 Å². The number of carboxylic acid groups (broad SMARTS) is 1. The Morgan fingerprint density at radius 3 is 2.35 bits per heavy atom. The number of ketones is 1. The molecule has 0 rings (SSSR count). The number of carbonyl (C=O) groups is 2. The molecule has 0 bridgehead atoms. The van der Waals surface area contributed by atoms with Crippen molar-refractivity contribution in [1.82, 2.24) is 0 Å². The molecule has 0 amide bonds. The third-order valence-electron chi connectivity index (χ3n) is 3.23. The molecule has 0 aromatic rings. The summed E-state index contributed by atoms with van der Waals surface area (Å²) in [4.78, 5) is 34.3. The molecule has 8 heteroatoms. The van der Waals surface area contributed by atoms with Gasteiger partial charge in [0.05, 0.1) is 12.1 Å². The monoisotopic (exact) mass is 289 g/mol. The Hall–Kier alpha value is -1.38. The lowest BCUT2D eigenvalue weighted by atomic mass is 9.84. The second-order valence-electron chi connectivity index (χ2n) is 4.80. The van der Waals surface area contributed by atoms with E-state index in [2.05, 4.69) is 5.18 Å². The third kappa shape index (κ3) is 4.62. The Morgan fingerprint density at radius 1 is 1.35 bits per heavy atom. The van der Waals surface area contributed by atoms with E-state index in [-0.39, 0.29) is 25.8 Å². The van der Waals surface area contributed by atoms with Crippen LogP contribution in [0.2, 0.25) is 0 Å². The zero-order valence-corrected chi connectivity index (χ0v) is 11.6. The number of nitroso groups, excluding NO2 is 1. The number of nitrogens with two attached hydrogens (primary N) is 2. The number of carbonyl (C=O) groups excluding carboxylic acids is 1. The number of hydrogen-bond acceptors (Lipinski definition) is 7. The Kier molecular flexibility index (Phi) is 8.12. The predicted octanol–water partition coefficient (Wildman–Crippen LogP) is -0.237. The largest absolute Gasteiger partial charge is 0.479 e. The van der Waals surface area contributed by atoms with E-state index >= 15 is 0 Å². The van der Waals surface area contributed by atoms with E-state index in [1.807, 2.05) is 0 Å². The predicted molar refractivity (Wildman–Crippen MR) is 73.0 cm³/mol. The highest BCUT2D eigenvalue weighted by Gasteiger charge is 2.49. The topological polar surface area (TPSA) is 156 Å². The lowest BCUT2D eigenvalue weighted by Gasteiger charge is -2.23. The Labute approximate surface area is 117 Å². The van der Waals surface area contributed by atoms with Crippen molar-refractivity contribution < 1.29 is 19.8 Å². The molecular weight excluding hydrogens is 266 g/mol. The molecule has 3 atom stereocenters. The number of aliphatic hydroxyl groups excluding tert-OH is 1. The summed E-state index contributed by atoms with van der Waals surface area (Å²) < 4.78 is 0. The second kappa shape index (κ2) is 8.72. The van der Waals surface area contributed by atoms with Crippen LogP contribution in [0.5, 0.6) is 0 Å². The normalized spacial score (nSPS) is 17.0. The minimum absolute atomic E-state index is 0.0206. The fraction of sp³-hybridized carbons (Fsp3) is 0.833. The van der Waals surface area contributed by atoms with Gasteiger partial charge >= 0.3 is 5.97 Å². The van der Waals surface area contributed by atoms with Crippen LogP contribution < -0.4 is 11.5 Å². The quantitative estimate of drug-likeness (QED) is 0.302. The van der Waals surface area contributed by atoms with Gasteiger partial charge < -0.3 is 21.7 Å². The van der Waals surface area contributed by atoms with Crippen LogP contribution in [-0.2, 0) is 9.59 Å². The standard InChI is InChI=1S/C12H23N3O5/c1-2-3-6-12(15-20,11(18)19)10(17)9(14)5-4-8(16)7-13/h8-9,16H,2-7,13-14H2,1H3,(H,18,19)/t8-,9+,12-/m1/s1. The molecule has 0 radical (unpaired) electrons. The van der Waals surface area contributed by atoms with Gasteiger partial charge in [0.25, 0.3) is 5.54 Å². The molecule has 0 unspecified atom stereocenters. The minimum Gasteiger partial charge on any atom is -0.479 e. The highest BCUT2D eigenvalue weighted by Crippen LogP contribution is 2.23. The highest BCUT2D eigenvalue weighted by atomic mass is 16.4. The van der Waals surface area contributed by atoms with E-state index in [9.17, 15) is 19.6 Å².